The van der Waals surface area contributed by atoms with Gasteiger partial charge in [-0.25, -0.2) is 4.57 Å². The van der Waals surface area contributed by atoms with Gasteiger partial charge in [-0.05, 0) is 12.8 Å². The van der Waals surface area contributed by atoms with E-state index in [1.807, 2.05) is 6.92 Å². The van der Waals surface area contributed by atoms with Crippen LogP contribution in [0.1, 0.15) is 136 Å². The van der Waals surface area contributed by atoms with Crippen molar-refractivity contribution in [3.63, 3.8) is 0 Å². The van der Waals surface area contributed by atoms with Crippen LogP contribution in [0.15, 0.2) is 0 Å². The summed E-state index contributed by atoms with van der Waals surface area (Å²) in [5.41, 5.74) is 0. The van der Waals surface area contributed by atoms with Gasteiger partial charge >= 0.3 is 19.8 Å². The van der Waals surface area contributed by atoms with Gasteiger partial charge in [-0.1, -0.05) is 110 Å². The maximum atomic E-state index is 12.1. The molecule has 1 unspecified atom stereocenters. The van der Waals surface area contributed by atoms with E-state index < -0.39 is 26.5 Å². The van der Waals surface area contributed by atoms with Crippen molar-refractivity contribution in [1.82, 2.24) is 0 Å². The van der Waals surface area contributed by atoms with Gasteiger partial charge in [0.25, 0.3) is 0 Å². The fourth-order valence-corrected chi connectivity index (χ4v) is 4.29. The van der Waals surface area contributed by atoms with Crippen molar-refractivity contribution in [3.8, 4) is 0 Å². The molecule has 1 N–H and O–H groups in total. The Bertz CT molecular complexity index is 584. The van der Waals surface area contributed by atoms with Crippen LogP contribution in [0, 0.1) is 0 Å². The second-order valence-corrected chi connectivity index (χ2v) is 11.1. The van der Waals surface area contributed by atoms with E-state index in [1.54, 1.807) is 0 Å². The molecule has 214 valence electrons. The van der Waals surface area contributed by atoms with E-state index in [1.165, 1.54) is 70.6 Å². The Labute approximate surface area is 219 Å². The molecule has 0 aliphatic rings. The summed E-state index contributed by atoms with van der Waals surface area (Å²) in [4.78, 5) is 33.5. The van der Waals surface area contributed by atoms with Gasteiger partial charge < -0.3 is 14.4 Å². The molecule has 0 fully saturated rings. The van der Waals surface area contributed by atoms with Crippen molar-refractivity contribution in [2.45, 2.75) is 142 Å². The molecule has 0 radical (unpaired) electrons. The van der Waals surface area contributed by atoms with Crippen LogP contribution in [0.5, 0.6) is 0 Å². The molecule has 0 aliphatic heterocycles. The Kier molecular flexibility index (Phi) is 23.7. The normalized spacial score (nSPS) is 13.8. The van der Waals surface area contributed by atoms with Gasteiger partial charge in [0.15, 0.2) is 6.10 Å². The van der Waals surface area contributed by atoms with Crippen LogP contribution < -0.4 is 0 Å². The average molecular weight is 537 g/mol. The summed E-state index contributed by atoms with van der Waals surface area (Å²) in [6.45, 7) is 3.66. The molecule has 0 rings (SSSR count). The van der Waals surface area contributed by atoms with Gasteiger partial charge in [0.05, 0.1) is 6.61 Å². The molecule has 9 heteroatoms. The molecular formula is C27H53O8P. The van der Waals surface area contributed by atoms with Crippen LogP contribution in [0.4, 0.5) is 0 Å². The second kappa shape index (κ2) is 24.4. The molecule has 0 aliphatic carbocycles. The number of carbonyl (C=O) groups is 2. The maximum Gasteiger partial charge on any atom is 0.472 e. The first-order valence-corrected chi connectivity index (χ1v) is 15.7. The van der Waals surface area contributed by atoms with Gasteiger partial charge in [0.2, 0.25) is 0 Å². The van der Waals surface area contributed by atoms with Crippen LogP contribution >= 0.6 is 7.82 Å². The Morgan fingerprint density at radius 3 is 1.58 bits per heavy atom. The zero-order valence-corrected chi connectivity index (χ0v) is 24.1. The third-order valence-electron chi connectivity index (χ3n) is 6.10. The summed E-state index contributed by atoms with van der Waals surface area (Å²) in [6, 6.07) is 0. The van der Waals surface area contributed by atoms with E-state index in [0.717, 1.165) is 39.2 Å². The third-order valence-corrected chi connectivity index (χ3v) is 7.04. The Balaban J connectivity index is 3.94. The van der Waals surface area contributed by atoms with E-state index in [0.29, 0.717) is 12.8 Å². The smallest absolute Gasteiger partial charge is 0.462 e. The fourth-order valence-electron chi connectivity index (χ4n) is 3.83. The van der Waals surface area contributed by atoms with Crippen molar-refractivity contribution >= 4 is 19.8 Å². The third kappa shape index (κ3) is 23.4. The standard InChI is InChI=1S/C27H53O8P/c1-4-6-8-9-10-11-12-13-14-15-16-17-18-20-21-26(28)33-23-25(24-34-36(30,31)32-3)35-27(29)22-19-7-5-2/h25H,4-24H2,1-3H3,(H,30,31)/t25-/m1/s1. The minimum atomic E-state index is -4.22. The first-order valence-electron chi connectivity index (χ1n) is 14.2. The van der Waals surface area contributed by atoms with E-state index in [4.69, 9.17) is 14.0 Å². The number of esters is 2. The highest BCUT2D eigenvalue weighted by molar-refractivity contribution is 7.47. The van der Waals surface area contributed by atoms with Crippen molar-refractivity contribution in [2.75, 3.05) is 20.3 Å². The van der Waals surface area contributed by atoms with Gasteiger partial charge in [-0.2, -0.15) is 0 Å². The Morgan fingerprint density at radius 2 is 1.08 bits per heavy atom. The van der Waals surface area contributed by atoms with Crippen molar-refractivity contribution in [3.05, 3.63) is 0 Å². The number of carbonyl (C=O) groups excluding carboxylic acids is 2. The molecule has 0 heterocycles. The van der Waals surface area contributed by atoms with Crippen LogP contribution in [0.2, 0.25) is 0 Å². The molecule has 0 bridgehead atoms. The van der Waals surface area contributed by atoms with Gasteiger partial charge in [-0.15, -0.1) is 0 Å². The highest BCUT2D eigenvalue weighted by Crippen LogP contribution is 2.42. The number of phosphoric acid groups is 1. The number of unbranched alkanes of at least 4 members (excludes halogenated alkanes) is 15. The quantitative estimate of drug-likeness (QED) is 0.0682. The molecule has 0 saturated carbocycles. The lowest BCUT2D eigenvalue weighted by molar-refractivity contribution is -0.161. The first kappa shape index (κ1) is 35.0. The van der Waals surface area contributed by atoms with Gasteiger partial charge in [0, 0.05) is 20.0 Å². The lowest BCUT2D eigenvalue weighted by Crippen LogP contribution is -2.29. The van der Waals surface area contributed by atoms with Crippen molar-refractivity contribution in [1.29, 1.82) is 0 Å². The predicted molar refractivity (Wildman–Crippen MR) is 143 cm³/mol. The fraction of sp³-hybridized carbons (Fsp3) is 0.926. The minimum Gasteiger partial charge on any atom is -0.462 e. The lowest BCUT2D eigenvalue weighted by atomic mass is 10.0. The zero-order valence-electron chi connectivity index (χ0n) is 23.2. The summed E-state index contributed by atoms with van der Waals surface area (Å²) in [5.74, 6) is -0.829. The molecule has 0 aromatic heterocycles. The first-order chi connectivity index (χ1) is 17.3. The van der Waals surface area contributed by atoms with E-state index in [-0.39, 0.29) is 19.0 Å². The summed E-state index contributed by atoms with van der Waals surface area (Å²) < 4.78 is 31.2. The number of phosphoric ester groups is 1. The SMILES string of the molecule is CCCCCCCCCCCCCCCCC(=O)OC[C@H](COP(=O)(O)OC)OC(=O)CCCCC. The molecule has 2 atom stereocenters. The van der Waals surface area contributed by atoms with Crippen LogP contribution in [-0.4, -0.2) is 43.3 Å². The molecule has 0 amide bonds. The highest BCUT2D eigenvalue weighted by atomic mass is 31.2. The molecule has 0 aromatic carbocycles. The number of rotatable bonds is 26. The van der Waals surface area contributed by atoms with Crippen LogP contribution in [0.3, 0.4) is 0 Å². The zero-order chi connectivity index (χ0) is 26.9. The van der Waals surface area contributed by atoms with E-state index in [9.17, 15) is 19.0 Å². The van der Waals surface area contributed by atoms with E-state index >= 15 is 0 Å². The molecule has 0 aromatic rings. The largest absolute Gasteiger partial charge is 0.472 e. The molecule has 0 spiro atoms. The molecular weight excluding hydrogens is 483 g/mol. The average Bonchev–Trinajstić information content (AvgIpc) is 2.86. The monoisotopic (exact) mass is 536 g/mol. The summed E-state index contributed by atoms with van der Waals surface area (Å²) >= 11 is 0. The number of ether oxygens (including phenoxy) is 2. The topological polar surface area (TPSA) is 108 Å². The van der Waals surface area contributed by atoms with Gasteiger partial charge in [0.1, 0.15) is 6.61 Å². The van der Waals surface area contributed by atoms with Gasteiger partial charge in [-0.3, -0.25) is 18.6 Å². The van der Waals surface area contributed by atoms with Crippen LogP contribution in [0.25, 0.3) is 0 Å². The molecule has 0 saturated heterocycles. The second-order valence-electron chi connectivity index (χ2n) is 9.55. The maximum absolute atomic E-state index is 12.1. The Hall–Kier alpha value is -0.950. The van der Waals surface area contributed by atoms with Crippen molar-refractivity contribution < 1.29 is 37.6 Å². The van der Waals surface area contributed by atoms with Crippen molar-refractivity contribution in [2.24, 2.45) is 0 Å². The number of hydrogen-bond donors (Lipinski definition) is 1. The Morgan fingerprint density at radius 1 is 0.667 bits per heavy atom. The van der Waals surface area contributed by atoms with E-state index in [2.05, 4.69) is 11.4 Å². The highest BCUT2D eigenvalue weighted by Gasteiger charge is 2.24. The molecule has 8 nitrogen and oxygen atoms in total. The van der Waals surface area contributed by atoms with Crippen LogP contribution in [-0.2, 0) is 32.7 Å². The summed E-state index contributed by atoms with van der Waals surface area (Å²) in [7, 11) is -3.18. The lowest BCUT2D eigenvalue weighted by Gasteiger charge is -2.19. The summed E-state index contributed by atoms with van der Waals surface area (Å²) in [6.07, 6.45) is 19.6. The number of hydrogen-bond acceptors (Lipinski definition) is 7. The predicted octanol–water partition coefficient (Wildman–Crippen LogP) is 7.66. The summed E-state index contributed by atoms with van der Waals surface area (Å²) in [5, 5.41) is 0. The molecule has 36 heavy (non-hydrogen) atoms. The minimum absolute atomic E-state index is 0.222.